The lowest BCUT2D eigenvalue weighted by molar-refractivity contribution is 0.273. The van der Waals surface area contributed by atoms with Gasteiger partial charge in [0.1, 0.15) is 0 Å². The molecule has 1 rings (SSSR count). The maximum Gasteiger partial charge on any atom is 0.505 e. The van der Waals surface area contributed by atoms with Crippen molar-refractivity contribution in [1.29, 1.82) is 0 Å². The molecule has 7 heteroatoms. The summed E-state index contributed by atoms with van der Waals surface area (Å²) in [6.45, 7) is 22.3. The van der Waals surface area contributed by atoms with Crippen LogP contribution < -0.4 is 5.19 Å². The van der Waals surface area contributed by atoms with E-state index in [1.54, 1.807) is 0 Å². The smallest absolute Gasteiger partial charge is 0.414 e. The monoisotopic (exact) mass is 482 g/mol. The Morgan fingerprint density at radius 3 is 1.53 bits per heavy atom. The first kappa shape index (κ1) is 27.7. The molecule has 1 aromatic carbocycles. The van der Waals surface area contributed by atoms with Gasteiger partial charge in [-0.05, 0) is 77.3 Å². The van der Waals surface area contributed by atoms with Crippen LogP contribution in [0.15, 0.2) is 30.3 Å². The Kier molecular flexibility index (Phi) is 10.7. The Balaban J connectivity index is 3.17. The molecule has 0 saturated heterocycles. The number of hydrogen-bond acceptors (Lipinski definition) is 3. The number of rotatable bonds is 13. The zero-order valence-corrected chi connectivity index (χ0v) is 25.2. The van der Waals surface area contributed by atoms with Gasteiger partial charge < -0.3 is 12.3 Å². The van der Waals surface area contributed by atoms with E-state index in [-0.39, 0.29) is 0 Å². The molecule has 0 aliphatic carbocycles. The normalized spacial score (nSPS) is 13.9. The van der Waals surface area contributed by atoms with E-state index in [0.717, 1.165) is 11.6 Å². The lowest BCUT2D eigenvalue weighted by Crippen LogP contribution is -2.67. The van der Waals surface area contributed by atoms with Gasteiger partial charge in [0.15, 0.2) is 25.0 Å². The Bertz CT molecular complexity index is 612. The molecule has 172 valence electrons. The van der Waals surface area contributed by atoms with Crippen LogP contribution >= 0.6 is 0 Å². The van der Waals surface area contributed by atoms with E-state index in [4.69, 9.17) is 12.3 Å². The van der Waals surface area contributed by atoms with Crippen molar-refractivity contribution in [2.75, 3.05) is 0 Å². The molecule has 0 N–H and O–H groups in total. The predicted molar refractivity (Wildman–Crippen MR) is 143 cm³/mol. The van der Waals surface area contributed by atoms with Gasteiger partial charge in [-0.25, -0.2) is 0 Å². The molecule has 0 amide bonds. The van der Waals surface area contributed by atoms with Crippen molar-refractivity contribution < 1.29 is 12.3 Å². The number of allylic oxidation sites excluding steroid dienone is 1. The van der Waals surface area contributed by atoms with Gasteiger partial charge in [0, 0.05) is 5.19 Å². The highest BCUT2D eigenvalue weighted by Gasteiger charge is 2.51. The molecule has 0 spiro atoms. The molecular weight excluding hydrogens is 437 g/mol. The maximum atomic E-state index is 6.82. The quantitative estimate of drug-likeness (QED) is 0.217. The van der Waals surface area contributed by atoms with Crippen molar-refractivity contribution in [1.82, 2.24) is 0 Å². The third kappa shape index (κ3) is 11.4. The Hall–Kier alpha value is -0.292. The van der Waals surface area contributed by atoms with Crippen LogP contribution in [0.1, 0.15) is 44.6 Å². The summed E-state index contributed by atoms with van der Waals surface area (Å²) in [6, 6.07) is 8.75. The first-order chi connectivity index (χ1) is 13.7. The summed E-state index contributed by atoms with van der Waals surface area (Å²) in [6.07, 6.45) is 10.9. The van der Waals surface area contributed by atoms with Gasteiger partial charge in [0.25, 0.3) is 0 Å². The molecule has 0 fully saturated rings. The summed E-state index contributed by atoms with van der Waals surface area (Å²) in [5.74, 6) is 0. The second-order valence-electron chi connectivity index (χ2n) is 11.1. The zero-order valence-electron chi connectivity index (χ0n) is 21.2. The van der Waals surface area contributed by atoms with E-state index in [0.29, 0.717) is 0 Å². The predicted octanol–water partition coefficient (Wildman–Crippen LogP) is 7.37. The van der Waals surface area contributed by atoms with E-state index in [9.17, 15) is 0 Å². The van der Waals surface area contributed by atoms with Crippen molar-refractivity contribution in [3.63, 3.8) is 0 Å². The first-order valence-corrected chi connectivity index (χ1v) is 23.5. The summed E-state index contributed by atoms with van der Waals surface area (Å²) in [4.78, 5) is 0. The highest BCUT2D eigenvalue weighted by Crippen LogP contribution is 2.26. The molecule has 0 aliphatic heterocycles. The van der Waals surface area contributed by atoms with Crippen molar-refractivity contribution in [2.24, 2.45) is 0 Å². The molecule has 0 atom stereocenters. The summed E-state index contributed by atoms with van der Waals surface area (Å²) in [5, 5.41) is 1.11. The van der Waals surface area contributed by atoms with Gasteiger partial charge in [0.05, 0.1) is 0 Å². The van der Waals surface area contributed by atoms with Crippen molar-refractivity contribution in [3.05, 3.63) is 35.9 Å². The van der Waals surface area contributed by atoms with Crippen molar-refractivity contribution in [2.45, 2.75) is 98.0 Å². The minimum absolute atomic E-state index is 1.11. The average molecular weight is 483 g/mol. The Morgan fingerprint density at radius 1 is 0.667 bits per heavy atom. The zero-order chi connectivity index (χ0) is 23.1. The molecule has 0 aliphatic rings. The van der Waals surface area contributed by atoms with Crippen LogP contribution in [-0.4, -0.2) is 33.8 Å². The number of hydrogen-bond donors (Lipinski definition) is 0. The number of unbranched alkanes of at least 4 members (excludes halogenated alkanes) is 4. The number of benzene rings is 1. The summed E-state index contributed by atoms with van der Waals surface area (Å²) in [5.41, 5.74) is 1.23. The summed E-state index contributed by atoms with van der Waals surface area (Å²) in [7, 11) is -8.64. The minimum Gasteiger partial charge on any atom is -0.414 e. The molecular formula is C23H46O3Si4. The van der Waals surface area contributed by atoms with E-state index >= 15 is 0 Å². The molecule has 1 aromatic rings. The van der Waals surface area contributed by atoms with Crippen LogP contribution in [0.3, 0.4) is 0 Å². The van der Waals surface area contributed by atoms with E-state index in [2.05, 4.69) is 102 Å². The SMILES string of the molecule is CCCCCCC=Cc1ccc([Si](O[Si](C)(C)C)(O[Si](C)(C)C)O[Si](C)(C)C)cc1. The largest absolute Gasteiger partial charge is 0.505 e. The van der Waals surface area contributed by atoms with Crippen LogP contribution in [0.25, 0.3) is 6.08 Å². The average Bonchev–Trinajstić information content (AvgIpc) is 2.53. The van der Waals surface area contributed by atoms with Gasteiger partial charge in [0.2, 0.25) is 0 Å². The third-order valence-electron chi connectivity index (χ3n) is 4.12. The standard InChI is InChI=1S/C23H46O3Si4/c1-11-12-13-14-15-16-17-22-18-20-23(21-19-22)30(24-27(2,3)4,25-28(5,6)7)26-29(8,9)10/h16-21H,11-15H2,1-10H3. The molecule has 0 aromatic heterocycles. The van der Waals surface area contributed by atoms with E-state index < -0.39 is 33.8 Å². The minimum atomic E-state index is -2.99. The second kappa shape index (κ2) is 11.5. The van der Waals surface area contributed by atoms with E-state index in [1.807, 2.05) is 0 Å². The maximum absolute atomic E-state index is 6.82. The lowest BCUT2D eigenvalue weighted by Gasteiger charge is -2.42. The van der Waals surface area contributed by atoms with Crippen LogP contribution in [-0.2, 0) is 12.3 Å². The first-order valence-electron chi connectivity index (χ1n) is 11.5. The fraction of sp³-hybridized carbons (Fsp3) is 0.652. The molecule has 0 unspecified atom stereocenters. The highest BCUT2D eigenvalue weighted by molar-refractivity contribution is 6.95. The summed E-state index contributed by atoms with van der Waals surface area (Å²) >= 11 is 0. The van der Waals surface area contributed by atoms with Gasteiger partial charge in [-0.15, -0.1) is 0 Å². The van der Waals surface area contributed by atoms with Crippen molar-refractivity contribution in [3.8, 4) is 0 Å². The van der Waals surface area contributed by atoms with Gasteiger partial charge in [-0.1, -0.05) is 62.6 Å². The topological polar surface area (TPSA) is 27.7 Å². The molecule has 0 heterocycles. The van der Waals surface area contributed by atoms with Crippen LogP contribution in [0.4, 0.5) is 0 Å². The van der Waals surface area contributed by atoms with Crippen LogP contribution in [0.5, 0.6) is 0 Å². The van der Waals surface area contributed by atoms with Crippen molar-refractivity contribution >= 4 is 45.0 Å². The fourth-order valence-electron chi connectivity index (χ4n) is 3.16. The molecule has 0 saturated carbocycles. The molecule has 3 nitrogen and oxygen atoms in total. The van der Waals surface area contributed by atoms with Crippen LogP contribution in [0, 0.1) is 0 Å². The summed E-state index contributed by atoms with van der Waals surface area (Å²) < 4.78 is 20.5. The second-order valence-corrected chi connectivity index (χ2v) is 27.9. The molecule has 0 bridgehead atoms. The van der Waals surface area contributed by atoms with Crippen LogP contribution in [0.2, 0.25) is 58.9 Å². The molecule has 0 radical (unpaired) electrons. The Labute approximate surface area is 191 Å². The fourth-order valence-corrected chi connectivity index (χ4v) is 16.4. The Morgan fingerprint density at radius 2 is 1.13 bits per heavy atom. The highest BCUT2D eigenvalue weighted by atomic mass is 28.5. The third-order valence-corrected chi connectivity index (χ3v) is 15.7. The molecule has 30 heavy (non-hydrogen) atoms. The van der Waals surface area contributed by atoms with E-state index in [1.165, 1.54) is 31.2 Å². The lowest BCUT2D eigenvalue weighted by atomic mass is 10.1. The van der Waals surface area contributed by atoms with Gasteiger partial charge in [-0.2, -0.15) is 0 Å². The van der Waals surface area contributed by atoms with Gasteiger partial charge in [-0.3, -0.25) is 0 Å². The van der Waals surface area contributed by atoms with Gasteiger partial charge >= 0.3 is 8.80 Å².